The molecule has 0 spiro atoms. The third-order valence-corrected chi connectivity index (χ3v) is 3.25. The van der Waals surface area contributed by atoms with Gasteiger partial charge in [-0.3, -0.25) is 4.79 Å². The predicted octanol–water partition coefficient (Wildman–Crippen LogP) is 2.49. The van der Waals surface area contributed by atoms with Crippen LogP contribution in [0.15, 0.2) is 18.2 Å². The molecule has 1 saturated carbocycles. The van der Waals surface area contributed by atoms with Crippen molar-refractivity contribution in [2.45, 2.75) is 32.1 Å². The van der Waals surface area contributed by atoms with Crippen LogP contribution in [0.4, 0.5) is 11.4 Å². The van der Waals surface area contributed by atoms with Crippen molar-refractivity contribution in [3.05, 3.63) is 18.2 Å². The quantitative estimate of drug-likeness (QED) is 0.418. The van der Waals surface area contributed by atoms with Crippen LogP contribution in [-0.4, -0.2) is 11.0 Å². The molecule has 1 fully saturated rings. The van der Waals surface area contributed by atoms with Gasteiger partial charge in [-0.05, 0) is 31.0 Å². The highest BCUT2D eigenvalue weighted by atomic mass is 16.3. The van der Waals surface area contributed by atoms with Gasteiger partial charge in [-0.2, -0.15) is 0 Å². The van der Waals surface area contributed by atoms with Crippen LogP contribution >= 0.6 is 0 Å². The molecule has 0 bridgehead atoms. The molecule has 4 N–H and O–H groups in total. The second kappa shape index (κ2) is 5.08. The molecule has 4 nitrogen and oxygen atoms in total. The number of nitrogens with two attached hydrogens (primary N) is 1. The van der Waals surface area contributed by atoms with E-state index in [1.54, 1.807) is 12.1 Å². The van der Waals surface area contributed by atoms with Crippen LogP contribution in [0, 0.1) is 5.92 Å². The van der Waals surface area contributed by atoms with Gasteiger partial charge in [0.15, 0.2) is 0 Å². The number of carbonyl (C=O) groups is 1. The van der Waals surface area contributed by atoms with E-state index in [1.807, 2.05) is 0 Å². The molecule has 1 aromatic carbocycles. The van der Waals surface area contributed by atoms with E-state index in [-0.39, 0.29) is 17.6 Å². The van der Waals surface area contributed by atoms with E-state index in [0.717, 1.165) is 25.7 Å². The van der Waals surface area contributed by atoms with Gasteiger partial charge >= 0.3 is 0 Å². The number of anilines is 2. The van der Waals surface area contributed by atoms with Crippen LogP contribution in [-0.2, 0) is 4.79 Å². The second-order valence-electron chi connectivity index (χ2n) is 4.60. The smallest absolute Gasteiger partial charge is 0.227 e. The van der Waals surface area contributed by atoms with Gasteiger partial charge < -0.3 is 16.2 Å². The number of amides is 1. The minimum atomic E-state index is -0.00870. The lowest BCUT2D eigenvalue weighted by atomic mass is 9.88. The number of aromatic hydroxyl groups is 1. The zero-order valence-corrected chi connectivity index (χ0v) is 9.78. The van der Waals surface area contributed by atoms with E-state index >= 15 is 0 Å². The molecule has 1 aromatic rings. The minimum absolute atomic E-state index is 0.00870. The molecule has 1 aliphatic carbocycles. The van der Waals surface area contributed by atoms with Gasteiger partial charge in [0.25, 0.3) is 0 Å². The summed E-state index contributed by atoms with van der Waals surface area (Å²) in [6.45, 7) is 0. The van der Waals surface area contributed by atoms with Crippen molar-refractivity contribution in [1.82, 2.24) is 0 Å². The Morgan fingerprint density at radius 3 is 2.71 bits per heavy atom. The lowest BCUT2D eigenvalue weighted by Crippen LogP contribution is -2.24. The number of carbonyl (C=O) groups excluding carboxylic acids is 1. The first-order valence-corrected chi connectivity index (χ1v) is 6.06. The number of nitrogens with one attached hydrogen (secondary N) is 1. The minimum Gasteiger partial charge on any atom is -0.506 e. The van der Waals surface area contributed by atoms with Crippen molar-refractivity contribution in [1.29, 1.82) is 0 Å². The highest BCUT2D eigenvalue weighted by Gasteiger charge is 2.21. The van der Waals surface area contributed by atoms with E-state index in [1.165, 1.54) is 12.5 Å². The molecule has 0 radical (unpaired) electrons. The molecular weight excluding hydrogens is 216 g/mol. The zero-order chi connectivity index (χ0) is 12.3. The van der Waals surface area contributed by atoms with Gasteiger partial charge in [0.1, 0.15) is 5.75 Å². The molecule has 0 heterocycles. The Hall–Kier alpha value is -1.71. The third-order valence-electron chi connectivity index (χ3n) is 3.25. The van der Waals surface area contributed by atoms with Crippen molar-refractivity contribution in [3.63, 3.8) is 0 Å². The maximum atomic E-state index is 12.0. The number of hydrogen-bond acceptors (Lipinski definition) is 3. The number of rotatable bonds is 2. The second-order valence-corrected chi connectivity index (χ2v) is 4.60. The fourth-order valence-corrected chi connectivity index (χ4v) is 2.25. The van der Waals surface area contributed by atoms with Crippen molar-refractivity contribution < 1.29 is 9.90 Å². The summed E-state index contributed by atoms with van der Waals surface area (Å²) in [6.07, 6.45) is 5.32. The van der Waals surface area contributed by atoms with Crippen molar-refractivity contribution in [2.75, 3.05) is 11.1 Å². The maximum absolute atomic E-state index is 12.0. The Morgan fingerprint density at radius 1 is 1.29 bits per heavy atom. The Balaban J connectivity index is 2.04. The average Bonchev–Trinajstić information content (AvgIpc) is 2.35. The van der Waals surface area contributed by atoms with Gasteiger partial charge in [0.05, 0.1) is 5.69 Å². The van der Waals surface area contributed by atoms with Gasteiger partial charge in [-0.15, -0.1) is 0 Å². The van der Waals surface area contributed by atoms with Crippen LogP contribution in [0.25, 0.3) is 0 Å². The SMILES string of the molecule is Nc1ccc(O)c(NC(=O)C2CCCCC2)c1. The molecule has 4 heteroatoms. The number of phenolic OH excluding ortho intramolecular Hbond substituents is 1. The van der Waals surface area contributed by atoms with Gasteiger partial charge in [-0.25, -0.2) is 0 Å². The summed E-state index contributed by atoms with van der Waals surface area (Å²) in [6, 6.07) is 4.67. The lowest BCUT2D eigenvalue weighted by Gasteiger charge is -2.21. The van der Waals surface area contributed by atoms with E-state index < -0.39 is 0 Å². The van der Waals surface area contributed by atoms with Gasteiger partial charge in [0, 0.05) is 11.6 Å². The van der Waals surface area contributed by atoms with Crippen LogP contribution in [0.2, 0.25) is 0 Å². The molecule has 1 aliphatic rings. The molecule has 0 saturated heterocycles. The average molecular weight is 234 g/mol. The summed E-state index contributed by atoms with van der Waals surface area (Å²) in [4.78, 5) is 12.0. The Labute approximate surface area is 101 Å². The molecule has 2 rings (SSSR count). The van der Waals surface area contributed by atoms with Crippen LogP contribution in [0.3, 0.4) is 0 Å². The highest BCUT2D eigenvalue weighted by Crippen LogP contribution is 2.28. The van der Waals surface area contributed by atoms with Crippen LogP contribution < -0.4 is 11.1 Å². The third kappa shape index (κ3) is 2.90. The van der Waals surface area contributed by atoms with Crippen molar-refractivity contribution in [3.8, 4) is 5.75 Å². The van der Waals surface area contributed by atoms with Gasteiger partial charge in [-0.1, -0.05) is 19.3 Å². The molecular formula is C13H18N2O2. The van der Waals surface area contributed by atoms with Crippen LogP contribution in [0.5, 0.6) is 5.75 Å². The van der Waals surface area contributed by atoms with E-state index in [2.05, 4.69) is 5.32 Å². The Bertz CT molecular complexity index is 412. The largest absolute Gasteiger partial charge is 0.506 e. The standard InChI is InChI=1S/C13H18N2O2/c14-10-6-7-12(16)11(8-10)15-13(17)9-4-2-1-3-5-9/h6-9,16H,1-5,14H2,(H,15,17). The summed E-state index contributed by atoms with van der Waals surface area (Å²) in [7, 11) is 0. The summed E-state index contributed by atoms with van der Waals surface area (Å²) in [5.74, 6) is 0.124. The number of hydrogen-bond donors (Lipinski definition) is 3. The number of benzene rings is 1. The predicted molar refractivity (Wildman–Crippen MR) is 67.7 cm³/mol. The number of nitrogen functional groups attached to an aromatic ring is 1. The normalized spacial score (nSPS) is 16.7. The first-order valence-electron chi connectivity index (χ1n) is 6.06. The maximum Gasteiger partial charge on any atom is 0.227 e. The van der Waals surface area contributed by atoms with E-state index in [9.17, 15) is 9.90 Å². The Kier molecular flexibility index (Phi) is 3.52. The molecule has 92 valence electrons. The fraction of sp³-hybridized carbons (Fsp3) is 0.462. The first-order chi connectivity index (χ1) is 8.16. The molecule has 0 aromatic heterocycles. The monoisotopic (exact) mass is 234 g/mol. The summed E-state index contributed by atoms with van der Waals surface area (Å²) in [5, 5.41) is 12.4. The van der Waals surface area contributed by atoms with E-state index in [4.69, 9.17) is 5.73 Å². The highest BCUT2D eigenvalue weighted by molar-refractivity contribution is 5.94. The fourth-order valence-electron chi connectivity index (χ4n) is 2.25. The molecule has 0 aliphatic heterocycles. The topological polar surface area (TPSA) is 75.3 Å². The summed E-state index contributed by atoms with van der Waals surface area (Å²) >= 11 is 0. The summed E-state index contributed by atoms with van der Waals surface area (Å²) in [5.41, 5.74) is 6.55. The molecule has 17 heavy (non-hydrogen) atoms. The molecule has 0 atom stereocenters. The first kappa shape index (κ1) is 11.8. The zero-order valence-electron chi connectivity index (χ0n) is 9.78. The number of phenols is 1. The molecule has 1 amide bonds. The van der Waals surface area contributed by atoms with Gasteiger partial charge in [0.2, 0.25) is 5.91 Å². The summed E-state index contributed by atoms with van der Waals surface area (Å²) < 4.78 is 0. The van der Waals surface area contributed by atoms with E-state index in [0.29, 0.717) is 11.4 Å². The Morgan fingerprint density at radius 2 is 2.00 bits per heavy atom. The molecule has 0 unspecified atom stereocenters. The van der Waals surface area contributed by atoms with Crippen molar-refractivity contribution >= 4 is 17.3 Å². The van der Waals surface area contributed by atoms with Crippen LogP contribution in [0.1, 0.15) is 32.1 Å². The lowest BCUT2D eigenvalue weighted by molar-refractivity contribution is -0.120. The van der Waals surface area contributed by atoms with Crippen molar-refractivity contribution in [2.24, 2.45) is 5.92 Å².